The van der Waals surface area contributed by atoms with Gasteiger partial charge in [0.2, 0.25) is 5.65 Å². The fourth-order valence-electron chi connectivity index (χ4n) is 3.28. The first-order valence-electron chi connectivity index (χ1n) is 8.96. The third-order valence-corrected chi connectivity index (χ3v) is 4.75. The van der Waals surface area contributed by atoms with Crippen molar-refractivity contribution in [1.82, 2.24) is 19.3 Å². The monoisotopic (exact) mass is 354 g/mol. The maximum atomic E-state index is 13.1. The number of nitrogens with one attached hydrogen (secondary N) is 1. The number of rotatable bonds is 5. The highest BCUT2D eigenvalue weighted by Gasteiger charge is 2.26. The van der Waals surface area contributed by atoms with Gasteiger partial charge in [-0.25, -0.2) is 4.98 Å². The predicted molar refractivity (Wildman–Crippen MR) is 97.4 cm³/mol. The molecule has 4 rings (SSSR count). The number of fused-ring (bicyclic) bond motifs is 1. The van der Waals surface area contributed by atoms with Crippen LogP contribution in [-0.4, -0.2) is 26.4 Å². The number of furan rings is 1. The van der Waals surface area contributed by atoms with Gasteiger partial charge >= 0.3 is 0 Å². The average molecular weight is 354 g/mol. The van der Waals surface area contributed by atoms with Crippen LogP contribution in [0.3, 0.4) is 0 Å². The smallest absolute Gasteiger partial charge is 0.294 e. The molecule has 1 amide bonds. The minimum absolute atomic E-state index is 0.178. The molecule has 7 heteroatoms. The van der Waals surface area contributed by atoms with Crippen molar-refractivity contribution in [2.45, 2.75) is 40.2 Å². The zero-order valence-electron chi connectivity index (χ0n) is 15.2. The second-order valence-electron chi connectivity index (χ2n) is 6.92. The molecule has 26 heavy (non-hydrogen) atoms. The Kier molecular flexibility index (Phi) is 3.94. The Hall–Kier alpha value is -2.83. The van der Waals surface area contributed by atoms with E-state index in [1.165, 1.54) is 0 Å². The molecule has 0 aromatic carbocycles. The quantitative estimate of drug-likeness (QED) is 0.763. The van der Waals surface area contributed by atoms with Crippen molar-refractivity contribution in [1.29, 1.82) is 0 Å². The molecule has 0 unspecified atom stereocenters. The lowest BCUT2D eigenvalue weighted by molar-refractivity contribution is 0.0951. The molecule has 3 aromatic rings. The molecule has 136 valence electrons. The summed E-state index contributed by atoms with van der Waals surface area (Å²) in [5.74, 6) is 1.83. The molecule has 1 aliphatic carbocycles. The molecule has 3 heterocycles. The van der Waals surface area contributed by atoms with E-state index in [1.54, 1.807) is 15.2 Å². The van der Waals surface area contributed by atoms with Crippen molar-refractivity contribution in [2.75, 3.05) is 6.54 Å². The molecule has 3 aromatic heterocycles. The number of hydrogen-bond acceptors (Lipinski definition) is 4. The van der Waals surface area contributed by atoms with E-state index in [1.807, 2.05) is 33.0 Å². The Morgan fingerprint density at radius 1 is 1.35 bits per heavy atom. The second kappa shape index (κ2) is 6.16. The summed E-state index contributed by atoms with van der Waals surface area (Å²) in [7, 11) is 0. The fraction of sp³-hybridized carbons (Fsp3) is 0.421. The highest BCUT2D eigenvalue weighted by molar-refractivity contribution is 5.92. The van der Waals surface area contributed by atoms with Crippen molar-refractivity contribution in [3.05, 3.63) is 46.0 Å². The normalized spacial score (nSPS) is 14.1. The summed E-state index contributed by atoms with van der Waals surface area (Å²) in [5, 5.41) is 2.72. The van der Waals surface area contributed by atoms with E-state index < -0.39 is 0 Å². The van der Waals surface area contributed by atoms with E-state index >= 15 is 0 Å². The van der Waals surface area contributed by atoms with Crippen LogP contribution in [0.5, 0.6) is 0 Å². The molecule has 0 spiro atoms. The first-order valence-corrected chi connectivity index (χ1v) is 8.96. The number of aryl methyl sites for hydroxylation is 2. The predicted octanol–water partition coefficient (Wildman–Crippen LogP) is 2.53. The third-order valence-electron chi connectivity index (χ3n) is 4.75. The Labute approximate surface area is 150 Å². The number of carbonyl (C=O) groups excluding carboxylic acids is 1. The number of aromatic nitrogens is 3. The molecular formula is C19H22N4O3. The van der Waals surface area contributed by atoms with Crippen molar-refractivity contribution in [2.24, 2.45) is 5.92 Å². The Morgan fingerprint density at radius 2 is 2.12 bits per heavy atom. The molecule has 1 aliphatic rings. The van der Waals surface area contributed by atoms with Gasteiger partial charge < -0.3 is 14.3 Å². The van der Waals surface area contributed by atoms with E-state index in [-0.39, 0.29) is 22.8 Å². The number of carbonyl (C=O) groups is 1. The molecule has 0 bridgehead atoms. The topological polar surface area (TPSA) is 81.5 Å². The maximum Gasteiger partial charge on any atom is 0.294 e. The second-order valence-corrected chi connectivity index (χ2v) is 6.92. The number of imidazole rings is 1. The van der Waals surface area contributed by atoms with Gasteiger partial charge in [-0.15, -0.1) is 0 Å². The van der Waals surface area contributed by atoms with Gasteiger partial charge in [0.25, 0.3) is 11.5 Å². The lowest BCUT2D eigenvalue weighted by atomic mass is 10.1. The van der Waals surface area contributed by atoms with Gasteiger partial charge in [0.15, 0.2) is 0 Å². The number of amides is 1. The molecular weight excluding hydrogens is 332 g/mol. The Bertz CT molecular complexity index is 1050. The summed E-state index contributed by atoms with van der Waals surface area (Å²) in [6.07, 6.45) is 5.75. The van der Waals surface area contributed by atoms with Crippen LogP contribution in [0.4, 0.5) is 0 Å². The molecule has 0 saturated heterocycles. The SMILES string of the molecule is CCNC(=O)c1cn2cc(-c3cc(C)oc3C)n(CC3CC3)c(=O)c2n1. The summed E-state index contributed by atoms with van der Waals surface area (Å²) in [5.41, 5.74) is 2.04. The fourth-order valence-corrected chi connectivity index (χ4v) is 3.28. The van der Waals surface area contributed by atoms with Crippen molar-refractivity contribution < 1.29 is 9.21 Å². The van der Waals surface area contributed by atoms with Crippen molar-refractivity contribution in [3.63, 3.8) is 0 Å². The van der Waals surface area contributed by atoms with Crippen molar-refractivity contribution in [3.8, 4) is 11.3 Å². The van der Waals surface area contributed by atoms with Crippen LogP contribution in [0, 0.1) is 19.8 Å². The Morgan fingerprint density at radius 3 is 2.73 bits per heavy atom. The minimum atomic E-state index is -0.277. The van der Waals surface area contributed by atoms with Gasteiger partial charge in [0, 0.05) is 31.0 Å². The van der Waals surface area contributed by atoms with Crippen molar-refractivity contribution >= 4 is 11.6 Å². The minimum Gasteiger partial charge on any atom is -0.466 e. The molecule has 0 atom stereocenters. The van der Waals surface area contributed by atoms with Gasteiger partial charge in [0.1, 0.15) is 17.2 Å². The summed E-state index contributed by atoms with van der Waals surface area (Å²) >= 11 is 0. The first kappa shape index (κ1) is 16.6. The largest absolute Gasteiger partial charge is 0.466 e. The van der Waals surface area contributed by atoms with E-state index in [4.69, 9.17) is 4.42 Å². The lowest BCUT2D eigenvalue weighted by Gasteiger charge is -2.12. The van der Waals surface area contributed by atoms with Crippen LogP contribution in [0.15, 0.2) is 27.7 Å². The molecule has 7 nitrogen and oxygen atoms in total. The zero-order chi connectivity index (χ0) is 18.4. The van der Waals surface area contributed by atoms with Crippen LogP contribution >= 0.6 is 0 Å². The van der Waals surface area contributed by atoms with Crippen LogP contribution in [0.25, 0.3) is 16.9 Å². The van der Waals surface area contributed by atoms with E-state index in [9.17, 15) is 9.59 Å². The first-order chi connectivity index (χ1) is 12.5. The van der Waals surface area contributed by atoms with E-state index in [0.717, 1.165) is 35.6 Å². The summed E-state index contributed by atoms with van der Waals surface area (Å²) in [4.78, 5) is 29.5. The highest BCUT2D eigenvalue weighted by Crippen LogP contribution is 2.33. The van der Waals surface area contributed by atoms with Gasteiger partial charge in [0.05, 0.1) is 5.69 Å². The number of hydrogen-bond donors (Lipinski definition) is 1. The summed E-state index contributed by atoms with van der Waals surface area (Å²) in [6, 6.07) is 1.95. The van der Waals surface area contributed by atoms with Gasteiger partial charge in [-0.05, 0) is 45.6 Å². The van der Waals surface area contributed by atoms with Crippen LogP contribution in [0.1, 0.15) is 41.8 Å². The zero-order valence-corrected chi connectivity index (χ0v) is 15.2. The van der Waals surface area contributed by atoms with Gasteiger partial charge in [-0.1, -0.05) is 0 Å². The van der Waals surface area contributed by atoms with E-state index in [2.05, 4.69) is 10.3 Å². The third kappa shape index (κ3) is 2.83. The van der Waals surface area contributed by atoms with Crippen LogP contribution in [-0.2, 0) is 6.54 Å². The Balaban J connectivity index is 1.92. The lowest BCUT2D eigenvalue weighted by Crippen LogP contribution is -2.25. The molecule has 1 fully saturated rings. The van der Waals surface area contributed by atoms with Gasteiger partial charge in [-0.2, -0.15) is 0 Å². The standard InChI is InChI=1S/C19H22N4O3/c1-4-20-18(24)15-9-22-10-16(14-7-11(2)26-12(14)3)23(8-13-5-6-13)19(25)17(22)21-15/h7,9-10,13H,4-6,8H2,1-3H3,(H,20,24). The molecule has 1 saturated carbocycles. The molecule has 0 radical (unpaired) electrons. The maximum absolute atomic E-state index is 13.1. The molecule has 1 N–H and O–H groups in total. The van der Waals surface area contributed by atoms with Crippen LogP contribution in [0.2, 0.25) is 0 Å². The van der Waals surface area contributed by atoms with Crippen LogP contribution < -0.4 is 10.9 Å². The van der Waals surface area contributed by atoms with E-state index in [0.29, 0.717) is 19.0 Å². The number of nitrogens with zero attached hydrogens (tertiary/aromatic N) is 3. The highest BCUT2D eigenvalue weighted by atomic mass is 16.3. The molecule has 0 aliphatic heterocycles. The average Bonchev–Trinajstić information content (AvgIpc) is 3.20. The van der Waals surface area contributed by atoms with Gasteiger partial charge in [-0.3, -0.25) is 14.0 Å². The summed E-state index contributed by atoms with van der Waals surface area (Å²) in [6.45, 7) is 6.81. The summed E-state index contributed by atoms with van der Waals surface area (Å²) < 4.78 is 9.09.